The smallest absolute Gasteiger partial charge is 0.462 e. The number of methoxy groups -OCH3 is 1. The summed E-state index contributed by atoms with van der Waals surface area (Å²) in [5.41, 5.74) is 6.21. The molecule has 13 nitrogen and oxygen atoms in total. The van der Waals surface area contributed by atoms with E-state index < -0.39 is 44.8 Å². The lowest BCUT2D eigenvalue weighted by atomic mass is 10.0. The molecule has 2 aromatic rings. The summed E-state index contributed by atoms with van der Waals surface area (Å²) in [4.78, 5) is 26.1. The third-order valence-electron chi connectivity index (χ3n) is 5.26. The van der Waals surface area contributed by atoms with E-state index in [9.17, 15) is 14.5 Å². The minimum atomic E-state index is -2.54. The number of anilines is 2. The summed E-state index contributed by atoms with van der Waals surface area (Å²) in [6, 6.07) is -0.906. The third-order valence-corrected chi connectivity index (χ3v) is 6.24. The lowest BCUT2D eigenvalue weighted by Gasteiger charge is -2.32. The molecule has 0 aliphatic carbocycles. The number of hydrogen-bond acceptors (Lipinski definition) is 11. The van der Waals surface area contributed by atoms with E-state index in [1.807, 2.05) is 6.92 Å². The fourth-order valence-electron chi connectivity index (χ4n) is 3.13. The molecule has 15 heteroatoms. The molecule has 35 heavy (non-hydrogen) atoms. The topological polar surface area (TPSA) is 167 Å². The quantitative estimate of drug-likeness (QED) is 0.259. The molecule has 2 rings (SSSR count). The first-order valence-corrected chi connectivity index (χ1v) is 12.2. The Hall–Kier alpha value is -2.51. The number of nitrogen functional groups attached to an aromatic ring is 1. The van der Waals surface area contributed by atoms with Crippen LogP contribution in [0.15, 0.2) is 6.33 Å². The number of imidazole rings is 1. The monoisotopic (exact) mass is 518 g/mol. The normalized spacial score (nSPS) is 16.6. The van der Waals surface area contributed by atoms with Crippen molar-refractivity contribution in [1.82, 2.24) is 24.6 Å². The molecule has 0 aliphatic heterocycles. The van der Waals surface area contributed by atoms with Gasteiger partial charge in [0.15, 0.2) is 17.0 Å². The van der Waals surface area contributed by atoms with E-state index in [1.165, 1.54) is 20.4 Å². The zero-order valence-corrected chi connectivity index (χ0v) is 21.8. The van der Waals surface area contributed by atoms with Gasteiger partial charge in [-0.1, -0.05) is 5.09 Å². The molecule has 0 aliphatic rings. The first kappa shape index (κ1) is 28.7. The van der Waals surface area contributed by atoms with Crippen LogP contribution in [-0.2, 0) is 29.1 Å². The number of hydrogen-bond donors (Lipinski definition) is 3. The van der Waals surface area contributed by atoms with E-state index in [2.05, 4.69) is 20.0 Å². The second-order valence-corrected chi connectivity index (χ2v) is 9.37. The Morgan fingerprint density at radius 2 is 2.06 bits per heavy atom. The van der Waals surface area contributed by atoms with Crippen LogP contribution in [0, 0.1) is 0 Å². The van der Waals surface area contributed by atoms with Crippen molar-refractivity contribution < 1.29 is 32.9 Å². The summed E-state index contributed by atoms with van der Waals surface area (Å²) >= 11 is 0. The molecule has 196 valence electrons. The van der Waals surface area contributed by atoms with E-state index in [0.717, 1.165) is 11.5 Å². The van der Waals surface area contributed by atoms with E-state index in [1.54, 1.807) is 25.8 Å². The molecule has 0 saturated carbocycles. The van der Waals surface area contributed by atoms with Crippen molar-refractivity contribution in [3.05, 3.63) is 6.33 Å². The zero-order valence-electron chi connectivity index (χ0n) is 20.9. The number of nitrogens with two attached hydrogens (primary N) is 1. The van der Waals surface area contributed by atoms with Crippen molar-refractivity contribution in [3.8, 4) is 0 Å². The van der Waals surface area contributed by atoms with Gasteiger partial charge in [-0.3, -0.25) is 9.36 Å². The molecular weight excluding hydrogens is 484 g/mol. The van der Waals surface area contributed by atoms with Gasteiger partial charge in [0.25, 0.3) is 0 Å². The molecule has 0 amide bonds. The van der Waals surface area contributed by atoms with Gasteiger partial charge in [-0.2, -0.15) is 9.97 Å². The summed E-state index contributed by atoms with van der Waals surface area (Å²) in [5.74, 6) is -2.75. The van der Waals surface area contributed by atoms with Gasteiger partial charge >= 0.3 is 14.1 Å². The van der Waals surface area contributed by atoms with Crippen LogP contribution in [-0.4, -0.2) is 82.3 Å². The zero-order chi connectivity index (χ0) is 26.5. The van der Waals surface area contributed by atoms with Crippen LogP contribution in [0.3, 0.4) is 0 Å². The van der Waals surface area contributed by atoms with Crippen LogP contribution < -0.4 is 15.7 Å². The van der Waals surface area contributed by atoms with Gasteiger partial charge in [-0.15, -0.1) is 4.52 Å². The largest absolute Gasteiger partial charge is 0.613 e. The highest BCUT2D eigenvalue weighted by Gasteiger charge is 2.43. The average molecular weight is 519 g/mol. The highest BCUT2D eigenvalue weighted by atomic mass is 31.1. The number of carbonyl (C=O) groups is 1. The van der Waals surface area contributed by atoms with E-state index in [4.69, 9.17) is 19.7 Å². The number of alkyl halides is 1. The molecule has 2 aromatic heterocycles. The Kier molecular flexibility index (Phi) is 9.81. The van der Waals surface area contributed by atoms with Gasteiger partial charge < -0.3 is 25.2 Å². The number of carbonyl (C=O) groups excluding carboxylic acids is 1. The molecule has 0 radical (unpaired) electrons. The molecule has 0 saturated heterocycles. The van der Waals surface area contributed by atoms with Crippen molar-refractivity contribution >= 4 is 37.1 Å². The number of aromatic nitrogens is 4. The Balaban J connectivity index is 2.18. The standard InChI is InChI=1S/C20H34FN7O6P/c1-8-27(6)16-14-17(25-19(22)24-16)28(10-23-14)20(5,21)15(29)13(32-7)9-33-35(31)26-12(4)18(30)34-11(2)3/h10-13,15,29H,8-9H2,1-7H3,(H,26,31)(H2,22,24,25)/q+1/t12-,13?,15+,20-/m0/s1. The Morgan fingerprint density at radius 1 is 1.40 bits per heavy atom. The van der Waals surface area contributed by atoms with Gasteiger partial charge in [0, 0.05) is 20.7 Å². The maximum atomic E-state index is 16.0. The lowest BCUT2D eigenvalue weighted by molar-refractivity contribution is -0.149. The number of rotatable bonds is 13. The minimum absolute atomic E-state index is 0.0813. The molecule has 0 fully saturated rings. The number of halogens is 1. The van der Waals surface area contributed by atoms with Crippen molar-refractivity contribution in [2.45, 2.75) is 64.8 Å². The fourth-order valence-corrected chi connectivity index (χ4v) is 3.91. The number of ether oxygens (including phenoxy) is 2. The SMILES string of the molecule is CCN(C)c1nc(N)nc2c1ncn2[C@](C)(F)[C@H](O)C(CO[P+](=O)N[C@@H](C)C(=O)OC(C)C)OC. The van der Waals surface area contributed by atoms with Crippen LogP contribution >= 0.6 is 8.18 Å². The summed E-state index contributed by atoms with van der Waals surface area (Å²) in [6.45, 7) is 8.01. The van der Waals surface area contributed by atoms with Crippen LogP contribution in [0.5, 0.6) is 0 Å². The maximum Gasteiger partial charge on any atom is 0.613 e. The van der Waals surface area contributed by atoms with Crippen LogP contribution in [0.25, 0.3) is 11.2 Å². The van der Waals surface area contributed by atoms with E-state index in [-0.39, 0.29) is 17.7 Å². The number of esters is 1. The van der Waals surface area contributed by atoms with Gasteiger partial charge in [0.05, 0.1) is 12.4 Å². The lowest BCUT2D eigenvalue weighted by Crippen LogP contribution is -2.48. The highest BCUT2D eigenvalue weighted by Crippen LogP contribution is 2.32. The van der Waals surface area contributed by atoms with Crippen LogP contribution in [0.2, 0.25) is 0 Å². The number of aliphatic hydroxyl groups is 1. The molecule has 0 bridgehead atoms. The van der Waals surface area contributed by atoms with Crippen molar-refractivity contribution in [1.29, 1.82) is 0 Å². The molecular formula is C20H34FN7O6P+. The Morgan fingerprint density at radius 3 is 2.63 bits per heavy atom. The van der Waals surface area contributed by atoms with Crippen LogP contribution in [0.1, 0.15) is 34.6 Å². The maximum absolute atomic E-state index is 16.0. The van der Waals surface area contributed by atoms with Crippen LogP contribution in [0.4, 0.5) is 16.2 Å². The molecule has 5 atom stereocenters. The predicted molar refractivity (Wildman–Crippen MR) is 128 cm³/mol. The van der Waals surface area contributed by atoms with Gasteiger partial charge in [0.1, 0.15) is 24.9 Å². The average Bonchev–Trinajstić information content (AvgIpc) is 3.22. The summed E-state index contributed by atoms with van der Waals surface area (Å²) in [7, 11) is 0.482. The number of nitrogens with one attached hydrogen (secondary N) is 1. The second kappa shape index (κ2) is 12.0. The van der Waals surface area contributed by atoms with E-state index in [0.29, 0.717) is 17.9 Å². The highest BCUT2D eigenvalue weighted by molar-refractivity contribution is 7.36. The van der Waals surface area contributed by atoms with Gasteiger partial charge in [-0.25, -0.2) is 9.37 Å². The molecule has 0 aromatic carbocycles. The Bertz CT molecular complexity index is 1040. The number of nitrogens with zero attached hydrogens (tertiary/aromatic N) is 5. The first-order valence-electron chi connectivity index (χ1n) is 11.0. The molecule has 2 heterocycles. The summed E-state index contributed by atoms with van der Waals surface area (Å²) < 4.78 is 44.7. The summed E-state index contributed by atoms with van der Waals surface area (Å²) in [6.07, 6.45) is -2.18. The molecule has 4 N–H and O–H groups in total. The molecule has 0 spiro atoms. The van der Waals surface area contributed by atoms with Crippen molar-refractivity contribution in [2.75, 3.05) is 37.9 Å². The van der Waals surface area contributed by atoms with Gasteiger partial charge in [0.2, 0.25) is 11.7 Å². The van der Waals surface area contributed by atoms with E-state index >= 15 is 4.39 Å². The minimum Gasteiger partial charge on any atom is -0.462 e. The fraction of sp³-hybridized carbons (Fsp3) is 0.700. The second-order valence-electron chi connectivity index (χ2n) is 8.34. The van der Waals surface area contributed by atoms with Crippen molar-refractivity contribution in [3.63, 3.8) is 0 Å². The predicted octanol–water partition coefficient (Wildman–Crippen LogP) is 1.49. The van der Waals surface area contributed by atoms with Crippen molar-refractivity contribution in [2.24, 2.45) is 0 Å². The number of fused-ring (bicyclic) bond motifs is 1. The molecule has 2 unspecified atom stereocenters. The Labute approximate surface area is 204 Å². The number of aliphatic hydroxyl groups excluding tert-OH is 1. The van der Waals surface area contributed by atoms with Gasteiger partial charge in [-0.05, 0) is 39.2 Å². The first-order chi connectivity index (χ1) is 16.3. The summed E-state index contributed by atoms with van der Waals surface area (Å²) in [5, 5.41) is 13.3. The third kappa shape index (κ3) is 6.79.